The molecule has 0 aliphatic carbocycles. The fourth-order valence-electron chi connectivity index (χ4n) is 1.71. The van der Waals surface area contributed by atoms with Crippen molar-refractivity contribution in [3.63, 3.8) is 0 Å². The minimum Gasteiger partial charge on any atom is -0.371 e. The summed E-state index contributed by atoms with van der Waals surface area (Å²) in [5, 5.41) is 3.36. The number of nitrogens with two attached hydrogens (primary N) is 1. The summed E-state index contributed by atoms with van der Waals surface area (Å²) in [7, 11) is 0. The highest BCUT2D eigenvalue weighted by Gasteiger charge is 2.30. The van der Waals surface area contributed by atoms with Gasteiger partial charge in [-0.15, -0.1) is 0 Å². The molecule has 1 aliphatic rings. The predicted octanol–water partition coefficient (Wildman–Crippen LogP) is 0.882. The maximum absolute atomic E-state index is 5.84. The molecule has 3 heteroatoms. The van der Waals surface area contributed by atoms with Crippen molar-refractivity contribution in [3.05, 3.63) is 0 Å². The molecule has 0 bridgehead atoms. The lowest BCUT2D eigenvalue weighted by Crippen LogP contribution is -2.30. The summed E-state index contributed by atoms with van der Waals surface area (Å²) < 4.78 is 5.84. The molecule has 78 valence electrons. The molecule has 1 rings (SSSR count). The van der Waals surface area contributed by atoms with Gasteiger partial charge in [-0.3, -0.25) is 0 Å². The van der Waals surface area contributed by atoms with Gasteiger partial charge in [0.1, 0.15) is 0 Å². The molecule has 1 fully saturated rings. The number of ether oxygens (including phenoxy) is 1. The Hall–Kier alpha value is -0.120. The van der Waals surface area contributed by atoms with Gasteiger partial charge in [0.05, 0.1) is 11.7 Å². The van der Waals surface area contributed by atoms with Gasteiger partial charge in [-0.1, -0.05) is 0 Å². The lowest BCUT2D eigenvalue weighted by Gasteiger charge is -2.19. The molecule has 1 atom stereocenters. The Bertz CT molecular complexity index is 148. The predicted molar refractivity (Wildman–Crippen MR) is 54.7 cm³/mol. The summed E-state index contributed by atoms with van der Waals surface area (Å²) in [5.41, 5.74) is 5.49. The molecule has 1 saturated heterocycles. The van der Waals surface area contributed by atoms with Crippen LogP contribution in [0.4, 0.5) is 0 Å². The van der Waals surface area contributed by atoms with E-state index in [2.05, 4.69) is 19.2 Å². The molecule has 3 nitrogen and oxygen atoms in total. The fraction of sp³-hybridized carbons (Fsp3) is 1.00. The van der Waals surface area contributed by atoms with Gasteiger partial charge in [-0.05, 0) is 46.2 Å². The van der Waals surface area contributed by atoms with Crippen LogP contribution >= 0.6 is 0 Å². The number of hydrogen-bond acceptors (Lipinski definition) is 3. The smallest absolute Gasteiger partial charge is 0.0707 e. The lowest BCUT2D eigenvalue weighted by molar-refractivity contribution is -0.0141. The van der Waals surface area contributed by atoms with E-state index in [0.29, 0.717) is 6.10 Å². The van der Waals surface area contributed by atoms with Crippen LogP contribution in [0.2, 0.25) is 0 Å². The second-order valence-corrected chi connectivity index (χ2v) is 4.38. The second-order valence-electron chi connectivity index (χ2n) is 4.38. The van der Waals surface area contributed by atoms with Gasteiger partial charge < -0.3 is 15.8 Å². The summed E-state index contributed by atoms with van der Waals surface area (Å²) in [6.07, 6.45) is 3.82. The average molecular weight is 186 g/mol. The van der Waals surface area contributed by atoms with Crippen molar-refractivity contribution >= 4 is 0 Å². The van der Waals surface area contributed by atoms with Gasteiger partial charge in [0.2, 0.25) is 0 Å². The van der Waals surface area contributed by atoms with Crippen LogP contribution in [0.3, 0.4) is 0 Å². The summed E-state index contributed by atoms with van der Waals surface area (Å²) in [5.74, 6) is 0. The Morgan fingerprint density at radius 3 is 2.85 bits per heavy atom. The molecule has 0 saturated carbocycles. The van der Waals surface area contributed by atoms with Crippen LogP contribution in [0.25, 0.3) is 0 Å². The third-order valence-corrected chi connectivity index (χ3v) is 2.48. The Labute approximate surface area is 81.0 Å². The molecule has 0 aromatic carbocycles. The topological polar surface area (TPSA) is 47.3 Å². The van der Waals surface area contributed by atoms with Crippen LogP contribution in [0, 0.1) is 0 Å². The second kappa shape index (κ2) is 4.94. The Morgan fingerprint density at radius 2 is 2.31 bits per heavy atom. The summed E-state index contributed by atoms with van der Waals surface area (Å²) in [4.78, 5) is 0. The maximum atomic E-state index is 5.84. The van der Waals surface area contributed by atoms with E-state index in [1.807, 2.05) is 0 Å². The Balaban J connectivity index is 2.04. The Morgan fingerprint density at radius 1 is 1.54 bits per heavy atom. The van der Waals surface area contributed by atoms with E-state index in [1.54, 1.807) is 0 Å². The summed E-state index contributed by atoms with van der Waals surface area (Å²) >= 11 is 0. The molecule has 0 aromatic heterocycles. The molecule has 3 N–H and O–H groups in total. The third-order valence-electron chi connectivity index (χ3n) is 2.48. The molecule has 0 spiro atoms. The molecule has 13 heavy (non-hydrogen) atoms. The number of rotatable bonds is 5. The average Bonchev–Trinajstić information content (AvgIpc) is 2.40. The van der Waals surface area contributed by atoms with Crippen LogP contribution in [0.1, 0.15) is 33.1 Å². The highest BCUT2D eigenvalue weighted by Crippen LogP contribution is 2.28. The fourth-order valence-corrected chi connectivity index (χ4v) is 1.71. The van der Waals surface area contributed by atoms with Crippen LogP contribution in [-0.2, 0) is 4.74 Å². The molecule has 1 heterocycles. The van der Waals surface area contributed by atoms with Gasteiger partial charge in [-0.25, -0.2) is 0 Å². The molecular weight excluding hydrogens is 164 g/mol. The molecular formula is C10H22N2O. The van der Waals surface area contributed by atoms with Crippen LogP contribution in [-0.4, -0.2) is 31.3 Å². The largest absolute Gasteiger partial charge is 0.371 e. The first kappa shape index (κ1) is 11.0. The monoisotopic (exact) mass is 186 g/mol. The first-order valence-electron chi connectivity index (χ1n) is 5.23. The van der Waals surface area contributed by atoms with Gasteiger partial charge >= 0.3 is 0 Å². The maximum Gasteiger partial charge on any atom is 0.0707 e. The van der Waals surface area contributed by atoms with E-state index in [9.17, 15) is 0 Å². The van der Waals surface area contributed by atoms with Gasteiger partial charge in [0.15, 0.2) is 0 Å². The van der Waals surface area contributed by atoms with Crippen molar-refractivity contribution in [2.45, 2.75) is 44.8 Å². The quantitative estimate of drug-likeness (QED) is 0.627. The van der Waals surface area contributed by atoms with Crippen molar-refractivity contribution in [3.8, 4) is 0 Å². The van der Waals surface area contributed by atoms with Crippen molar-refractivity contribution < 1.29 is 4.74 Å². The molecule has 0 amide bonds. The van der Waals surface area contributed by atoms with E-state index in [-0.39, 0.29) is 5.60 Å². The highest BCUT2D eigenvalue weighted by atomic mass is 16.5. The Kier molecular flexibility index (Phi) is 4.16. The van der Waals surface area contributed by atoms with E-state index in [1.165, 1.54) is 12.8 Å². The zero-order valence-electron chi connectivity index (χ0n) is 8.81. The molecule has 1 unspecified atom stereocenters. The van der Waals surface area contributed by atoms with Crippen molar-refractivity contribution in [1.82, 2.24) is 5.32 Å². The summed E-state index contributed by atoms with van der Waals surface area (Å²) in [6.45, 7) is 7.07. The van der Waals surface area contributed by atoms with E-state index >= 15 is 0 Å². The minimum atomic E-state index is 0.0974. The van der Waals surface area contributed by atoms with Crippen molar-refractivity contribution in [2.24, 2.45) is 5.73 Å². The van der Waals surface area contributed by atoms with E-state index < -0.39 is 0 Å². The van der Waals surface area contributed by atoms with Gasteiger partial charge in [0, 0.05) is 6.54 Å². The van der Waals surface area contributed by atoms with Gasteiger partial charge in [0.25, 0.3) is 0 Å². The van der Waals surface area contributed by atoms with Crippen molar-refractivity contribution in [2.75, 3.05) is 19.6 Å². The van der Waals surface area contributed by atoms with Crippen LogP contribution in [0.15, 0.2) is 0 Å². The van der Waals surface area contributed by atoms with E-state index in [4.69, 9.17) is 10.5 Å². The van der Waals surface area contributed by atoms with Gasteiger partial charge in [-0.2, -0.15) is 0 Å². The third kappa shape index (κ3) is 4.07. The minimum absolute atomic E-state index is 0.0974. The first-order chi connectivity index (χ1) is 6.14. The standard InChI is InChI=1S/C10H22N2O/c1-10(2)5-4-9(13-10)8-12-7-3-6-11/h9,12H,3-8,11H2,1-2H3. The van der Waals surface area contributed by atoms with Crippen molar-refractivity contribution in [1.29, 1.82) is 0 Å². The normalized spacial score (nSPS) is 26.5. The lowest BCUT2D eigenvalue weighted by atomic mass is 10.1. The SMILES string of the molecule is CC1(C)CCC(CNCCCN)O1. The molecule has 1 aliphatic heterocycles. The van der Waals surface area contributed by atoms with Crippen LogP contribution < -0.4 is 11.1 Å². The zero-order chi connectivity index (χ0) is 9.73. The zero-order valence-corrected chi connectivity index (χ0v) is 8.81. The molecule has 0 radical (unpaired) electrons. The summed E-state index contributed by atoms with van der Waals surface area (Å²) in [6, 6.07) is 0. The number of nitrogens with one attached hydrogen (secondary N) is 1. The number of hydrogen-bond donors (Lipinski definition) is 2. The first-order valence-corrected chi connectivity index (χ1v) is 5.23. The molecule has 0 aromatic rings. The highest BCUT2D eigenvalue weighted by molar-refractivity contribution is 4.81. The van der Waals surface area contributed by atoms with Crippen LogP contribution in [0.5, 0.6) is 0 Å². The van der Waals surface area contributed by atoms with E-state index in [0.717, 1.165) is 26.1 Å².